The van der Waals surface area contributed by atoms with E-state index in [1.165, 1.54) is 0 Å². The highest BCUT2D eigenvalue weighted by Gasteiger charge is 2.17. The molecule has 2 aromatic rings. The molecule has 0 saturated heterocycles. The largest absolute Gasteiger partial charge is 0.447 e. The van der Waals surface area contributed by atoms with Crippen molar-refractivity contribution in [3.8, 4) is 5.75 Å². The second-order valence-corrected chi connectivity index (χ2v) is 5.96. The Morgan fingerprint density at radius 1 is 1.08 bits per heavy atom. The number of nitrogens with one attached hydrogen (secondary N) is 1. The van der Waals surface area contributed by atoms with Gasteiger partial charge >= 0.3 is 12.2 Å². The first-order valence-electron chi connectivity index (χ1n) is 8.61. The molecule has 0 bridgehead atoms. The first-order valence-corrected chi connectivity index (χ1v) is 8.61. The van der Waals surface area contributed by atoms with Crippen LogP contribution in [0.1, 0.15) is 27.2 Å². The fourth-order valence-corrected chi connectivity index (χ4v) is 2.31. The molecule has 0 saturated carbocycles. The molecule has 0 spiro atoms. The van der Waals surface area contributed by atoms with Gasteiger partial charge in [0.25, 0.3) is 0 Å². The average molecular weight is 356 g/mol. The van der Waals surface area contributed by atoms with E-state index in [9.17, 15) is 9.59 Å². The van der Waals surface area contributed by atoms with E-state index < -0.39 is 12.2 Å². The van der Waals surface area contributed by atoms with Crippen molar-refractivity contribution < 1.29 is 19.1 Å². The SMILES string of the molecule is CCCN(C(=O)Oc1cccc(NC(=O)OC(C)C)c1)c1ccccc1. The predicted octanol–water partition coefficient (Wildman–Crippen LogP) is 5.06. The van der Waals surface area contributed by atoms with Gasteiger partial charge in [-0.3, -0.25) is 10.2 Å². The van der Waals surface area contributed by atoms with E-state index in [0.29, 0.717) is 18.0 Å². The maximum absolute atomic E-state index is 12.6. The third-order valence-electron chi connectivity index (χ3n) is 3.36. The van der Waals surface area contributed by atoms with Gasteiger partial charge in [-0.25, -0.2) is 9.59 Å². The standard InChI is InChI=1S/C20H24N2O4/c1-4-13-22(17-10-6-5-7-11-17)20(24)26-18-12-8-9-16(14-18)21-19(23)25-15(2)3/h5-12,14-15H,4,13H2,1-3H3,(H,21,23). The summed E-state index contributed by atoms with van der Waals surface area (Å²) in [5.41, 5.74) is 1.26. The van der Waals surface area contributed by atoms with E-state index >= 15 is 0 Å². The fourth-order valence-electron chi connectivity index (χ4n) is 2.31. The molecule has 0 aromatic heterocycles. The number of carbonyl (C=O) groups excluding carboxylic acids is 2. The Labute approximate surface area is 153 Å². The number of benzene rings is 2. The van der Waals surface area contributed by atoms with Gasteiger partial charge in [-0.2, -0.15) is 0 Å². The van der Waals surface area contributed by atoms with E-state index in [2.05, 4.69) is 5.32 Å². The van der Waals surface area contributed by atoms with Crippen LogP contribution in [0.4, 0.5) is 21.0 Å². The zero-order chi connectivity index (χ0) is 18.9. The lowest BCUT2D eigenvalue weighted by molar-refractivity contribution is 0.130. The van der Waals surface area contributed by atoms with Gasteiger partial charge in [-0.15, -0.1) is 0 Å². The summed E-state index contributed by atoms with van der Waals surface area (Å²) >= 11 is 0. The molecule has 0 heterocycles. The molecule has 138 valence electrons. The predicted molar refractivity (Wildman–Crippen MR) is 102 cm³/mol. The molecule has 6 nitrogen and oxygen atoms in total. The van der Waals surface area contributed by atoms with Gasteiger partial charge in [0, 0.05) is 24.0 Å². The maximum atomic E-state index is 12.6. The van der Waals surface area contributed by atoms with Gasteiger partial charge in [-0.05, 0) is 44.5 Å². The maximum Gasteiger partial charge on any atom is 0.419 e. The van der Waals surface area contributed by atoms with E-state index in [1.54, 1.807) is 43.0 Å². The molecule has 0 aliphatic carbocycles. The number of hydrogen-bond donors (Lipinski definition) is 1. The van der Waals surface area contributed by atoms with Crippen LogP contribution < -0.4 is 15.0 Å². The molecular formula is C20H24N2O4. The smallest absolute Gasteiger partial charge is 0.419 e. The van der Waals surface area contributed by atoms with E-state index in [0.717, 1.165) is 12.1 Å². The molecule has 2 rings (SSSR count). The second-order valence-electron chi connectivity index (χ2n) is 5.96. The molecule has 0 fully saturated rings. The van der Waals surface area contributed by atoms with Gasteiger partial charge in [0.05, 0.1) is 6.10 Å². The van der Waals surface area contributed by atoms with Gasteiger partial charge in [-0.1, -0.05) is 31.2 Å². The van der Waals surface area contributed by atoms with Crippen LogP contribution in [0.15, 0.2) is 54.6 Å². The summed E-state index contributed by atoms with van der Waals surface area (Å²) in [5, 5.41) is 2.61. The summed E-state index contributed by atoms with van der Waals surface area (Å²) in [5.74, 6) is 0.342. The normalized spacial score (nSPS) is 10.3. The molecule has 0 radical (unpaired) electrons. The van der Waals surface area contributed by atoms with Crippen molar-refractivity contribution >= 4 is 23.6 Å². The lowest BCUT2D eigenvalue weighted by Gasteiger charge is -2.21. The minimum absolute atomic E-state index is 0.218. The summed E-state index contributed by atoms with van der Waals surface area (Å²) < 4.78 is 10.5. The number of amides is 2. The Morgan fingerprint density at radius 3 is 2.46 bits per heavy atom. The molecule has 0 unspecified atom stereocenters. The first-order chi connectivity index (χ1) is 12.5. The molecule has 1 N–H and O–H groups in total. The average Bonchev–Trinajstić information content (AvgIpc) is 2.59. The van der Waals surface area contributed by atoms with Crippen molar-refractivity contribution in [3.63, 3.8) is 0 Å². The van der Waals surface area contributed by atoms with Crippen molar-refractivity contribution in [3.05, 3.63) is 54.6 Å². The minimum Gasteiger partial charge on any atom is -0.447 e. The molecular weight excluding hydrogens is 332 g/mol. The monoisotopic (exact) mass is 356 g/mol. The fraction of sp³-hybridized carbons (Fsp3) is 0.300. The van der Waals surface area contributed by atoms with Gasteiger partial charge in [0.2, 0.25) is 0 Å². The van der Waals surface area contributed by atoms with Crippen molar-refractivity contribution in [2.75, 3.05) is 16.8 Å². The summed E-state index contributed by atoms with van der Waals surface area (Å²) in [7, 11) is 0. The molecule has 0 aliphatic rings. The van der Waals surface area contributed by atoms with E-state index in [1.807, 2.05) is 37.3 Å². The zero-order valence-corrected chi connectivity index (χ0v) is 15.3. The van der Waals surface area contributed by atoms with Crippen molar-refractivity contribution in [1.29, 1.82) is 0 Å². The Hall–Kier alpha value is -3.02. The topological polar surface area (TPSA) is 67.9 Å². The van der Waals surface area contributed by atoms with Crippen LogP contribution in [0.3, 0.4) is 0 Å². The van der Waals surface area contributed by atoms with E-state index in [-0.39, 0.29) is 6.10 Å². The van der Waals surface area contributed by atoms with Crippen LogP contribution in [-0.2, 0) is 4.74 Å². The highest BCUT2D eigenvalue weighted by Crippen LogP contribution is 2.21. The number of hydrogen-bond acceptors (Lipinski definition) is 4. The van der Waals surface area contributed by atoms with Crippen LogP contribution in [-0.4, -0.2) is 24.8 Å². The quantitative estimate of drug-likeness (QED) is 0.785. The second kappa shape index (κ2) is 9.46. The Kier molecular flexibility index (Phi) is 7.02. The number of anilines is 2. The molecule has 6 heteroatoms. The van der Waals surface area contributed by atoms with Crippen molar-refractivity contribution in [1.82, 2.24) is 0 Å². The Balaban J connectivity index is 2.08. The Morgan fingerprint density at radius 2 is 1.81 bits per heavy atom. The number of carbonyl (C=O) groups is 2. The molecule has 26 heavy (non-hydrogen) atoms. The van der Waals surface area contributed by atoms with Crippen molar-refractivity contribution in [2.24, 2.45) is 0 Å². The van der Waals surface area contributed by atoms with Crippen LogP contribution in [0.25, 0.3) is 0 Å². The third kappa shape index (κ3) is 5.81. The number of rotatable bonds is 6. The summed E-state index contributed by atoms with van der Waals surface area (Å²) in [4.78, 5) is 25.8. The van der Waals surface area contributed by atoms with Gasteiger partial charge in [0.1, 0.15) is 5.75 Å². The van der Waals surface area contributed by atoms with Crippen LogP contribution in [0.5, 0.6) is 5.75 Å². The number of para-hydroxylation sites is 1. The highest BCUT2D eigenvalue weighted by molar-refractivity contribution is 5.89. The molecule has 0 atom stereocenters. The van der Waals surface area contributed by atoms with Crippen LogP contribution in [0.2, 0.25) is 0 Å². The lowest BCUT2D eigenvalue weighted by Crippen LogP contribution is -2.34. The molecule has 2 aromatic carbocycles. The molecule has 2 amide bonds. The Bertz CT molecular complexity index is 732. The van der Waals surface area contributed by atoms with Crippen LogP contribution >= 0.6 is 0 Å². The summed E-state index contributed by atoms with van der Waals surface area (Å²) in [6.45, 7) is 6.07. The van der Waals surface area contributed by atoms with Gasteiger partial charge in [0.15, 0.2) is 0 Å². The third-order valence-corrected chi connectivity index (χ3v) is 3.36. The van der Waals surface area contributed by atoms with E-state index in [4.69, 9.17) is 9.47 Å². The zero-order valence-electron chi connectivity index (χ0n) is 15.3. The summed E-state index contributed by atoms with van der Waals surface area (Å²) in [6.07, 6.45) is -0.447. The number of nitrogens with zero attached hydrogens (tertiary/aromatic N) is 1. The van der Waals surface area contributed by atoms with Crippen molar-refractivity contribution in [2.45, 2.75) is 33.3 Å². The van der Waals surface area contributed by atoms with Crippen LogP contribution in [0, 0.1) is 0 Å². The minimum atomic E-state index is -0.555. The lowest BCUT2D eigenvalue weighted by atomic mass is 10.3. The number of ether oxygens (including phenoxy) is 2. The first kappa shape index (κ1) is 19.3. The highest BCUT2D eigenvalue weighted by atomic mass is 16.6. The molecule has 0 aliphatic heterocycles. The van der Waals surface area contributed by atoms with Gasteiger partial charge < -0.3 is 9.47 Å². The summed E-state index contributed by atoms with van der Waals surface area (Å²) in [6, 6.07) is 16.0.